The van der Waals surface area contributed by atoms with E-state index in [4.69, 9.17) is 46.4 Å². The van der Waals surface area contributed by atoms with Crippen molar-refractivity contribution in [2.75, 3.05) is 23.9 Å². The number of hydrogen-bond donors (Lipinski definition) is 0. The maximum absolute atomic E-state index is 6.19. The molecule has 40 heavy (non-hydrogen) atoms. The van der Waals surface area contributed by atoms with Crippen molar-refractivity contribution in [3.63, 3.8) is 0 Å². The smallest absolute Gasteiger partial charge is 0.173 e. The summed E-state index contributed by atoms with van der Waals surface area (Å²) in [4.78, 5) is 4.13. The van der Waals surface area contributed by atoms with Crippen LogP contribution in [-0.2, 0) is 13.1 Å². The third-order valence-electron chi connectivity index (χ3n) is 6.71. The van der Waals surface area contributed by atoms with Crippen LogP contribution in [0.15, 0.2) is 110 Å². The summed E-state index contributed by atoms with van der Waals surface area (Å²) in [6, 6.07) is 28.1. The van der Waals surface area contributed by atoms with E-state index in [0.29, 0.717) is 20.1 Å². The van der Waals surface area contributed by atoms with E-state index in [1.165, 1.54) is 11.1 Å². The normalized spacial score (nSPS) is 10.9. The van der Waals surface area contributed by atoms with Gasteiger partial charge in [0.1, 0.15) is 0 Å². The van der Waals surface area contributed by atoms with E-state index in [2.05, 4.69) is 92.3 Å². The molecule has 0 saturated carbocycles. The first-order chi connectivity index (χ1) is 19.2. The van der Waals surface area contributed by atoms with Crippen molar-refractivity contribution in [1.29, 1.82) is 0 Å². The van der Waals surface area contributed by atoms with Gasteiger partial charge in [0.25, 0.3) is 0 Å². The molecule has 0 spiro atoms. The predicted molar refractivity (Wildman–Crippen MR) is 167 cm³/mol. The first-order valence-electron chi connectivity index (χ1n) is 12.7. The maximum Gasteiger partial charge on any atom is 0.173 e. The Bertz CT molecular complexity index is 1460. The lowest BCUT2D eigenvalue weighted by Gasteiger charge is -2.19. The quantitative estimate of drug-likeness (QED) is 0.164. The minimum Gasteiger partial charge on any atom is -0.344 e. The molecule has 0 bridgehead atoms. The van der Waals surface area contributed by atoms with Gasteiger partial charge in [0.15, 0.2) is 37.9 Å². The Morgan fingerprint density at radius 1 is 0.475 bits per heavy atom. The number of hydrogen-bond acceptors (Lipinski definition) is 2. The Kier molecular flexibility index (Phi) is 8.82. The molecule has 0 N–H and O–H groups in total. The van der Waals surface area contributed by atoms with Crippen LogP contribution < -0.4 is 18.9 Å². The minimum absolute atomic E-state index is 0.615. The van der Waals surface area contributed by atoms with Gasteiger partial charge in [-0.25, -0.2) is 9.13 Å². The average molecular weight is 610 g/mol. The summed E-state index contributed by atoms with van der Waals surface area (Å²) in [6.07, 6.45) is 8.34. The molecule has 0 fully saturated rings. The molecule has 0 amide bonds. The second kappa shape index (κ2) is 12.5. The Balaban J connectivity index is 1.23. The number of anilines is 4. The highest BCUT2D eigenvalue weighted by Crippen LogP contribution is 2.30. The summed E-state index contributed by atoms with van der Waals surface area (Å²) in [6.45, 7) is 1.55. The summed E-state index contributed by atoms with van der Waals surface area (Å²) in [5, 5.41) is 2.46. The highest BCUT2D eigenvalue weighted by molar-refractivity contribution is 6.35. The fraction of sp³-hybridized carbons (Fsp3) is 0.125. The van der Waals surface area contributed by atoms with Crippen LogP contribution in [0.25, 0.3) is 0 Å². The molecule has 202 valence electrons. The first-order valence-corrected chi connectivity index (χ1v) is 14.2. The molecule has 5 aromatic rings. The van der Waals surface area contributed by atoms with E-state index in [-0.39, 0.29) is 0 Å². The molecule has 0 aliphatic heterocycles. The van der Waals surface area contributed by atoms with Crippen LogP contribution in [-0.4, -0.2) is 14.1 Å². The monoisotopic (exact) mass is 608 g/mol. The predicted octanol–water partition coefficient (Wildman–Crippen LogP) is 8.51. The minimum atomic E-state index is 0.615. The van der Waals surface area contributed by atoms with Crippen molar-refractivity contribution in [1.82, 2.24) is 0 Å². The number of nitrogens with zero attached hydrogens (tertiary/aromatic N) is 4. The van der Waals surface area contributed by atoms with Crippen molar-refractivity contribution >= 4 is 69.2 Å². The third kappa shape index (κ3) is 7.07. The largest absolute Gasteiger partial charge is 0.344 e. The summed E-state index contributed by atoms with van der Waals surface area (Å²) >= 11 is 24.7. The van der Waals surface area contributed by atoms with Gasteiger partial charge in [-0.2, -0.15) is 0 Å². The van der Waals surface area contributed by atoms with E-state index >= 15 is 0 Å². The van der Waals surface area contributed by atoms with Gasteiger partial charge in [0, 0.05) is 81.0 Å². The standard InChI is InChI=1S/C32H28Cl4N4/c1-37(31-17-25(33)15-26(34)18-31)29-6-10-39(11-7-29)21-23-4-3-5-24(14-23)22-40-12-8-30(9-13-40)38(2)32-19-27(35)16-28(36)20-32/h3-20H,21-22H2,1-2H3/q+2. The number of halogens is 4. The molecule has 0 aliphatic rings. The van der Waals surface area contributed by atoms with Gasteiger partial charge in [0.05, 0.1) is 11.4 Å². The molecule has 5 rings (SSSR count). The molecule has 0 aliphatic carbocycles. The molecule has 0 saturated heterocycles. The maximum atomic E-state index is 6.19. The first kappa shape index (κ1) is 28.3. The number of benzene rings is 3. The Hall–Kier alpha value is -3.28. The number of pyridine rings is 2. The lowest BCUT2D eigenvalue weighted by Crippen LogP contribution is -2.34. The fourth-order valence-electron chi connectivity index (χ4n) is 4.57. The SMILES string of the molecule is CN(c1cc[n+](Cc2cccc(C[n+]3ccc(N(C)c4cc(Cl)cc(Cl)c4)cc3)c2)cc1)c1cc(Cl)cc(Cl)c1. The van der Waals surface area contributed by atoms with Crippen LogP contribution in [0.4, 0.5) is 22.7 Å². The van der Waals surface area contributed by atoms with Crippen LogP contribution in [0.3, 0.4) is 0 Å². The van der Waals surface area contributed by atoms with E-state index in [1.54, 1.807) is 12.1 Å². The third-order valence-corrected chi connectivity index (χ3v) is 7.59. The molecule has 0 atom stereocenters. The van der Waals surface area contributed by atoms with E-state index in [1.807, 2.05) is 38.4 Å². The summed E-state index contributed by atoms with van der Waals surface area (Å²) in [5.74, 6) is 0. The van der Waals surface area contributed by atoms with Crippen molar-refractivity contribution in [3.8, 4) is 0 Å². The van der Waals surface area contributed by atoms with Crippen LogP contribution in [0.1, 0.15) is 11.1 Å². The summed E-state index contributed by atoms with van der Waals surface area (Å²) < 4.78 is 4.34. The van der Waals surface area contributed by atoms with Crippen molar-refractivity contribution < 1.29 is 9.13 Å². The Labute approximate surface area is 255 Å². The highest BCUT2D eigenvalue weighted by Gasteiger charge is 2.12. The molecule has 0 radical (unpaired) electrons. The zero-order valence-electron chi connectivity index (χ0n) is 22.1. The average Bonchev–Trinajstić information content (AvgIpc) is 2.92. The number of rotatable bonds is 8. The van der Waals surface area contributed by atoms with Gasteiger partial charge in [-0.05, 0) is 42.5 Å². The second-order valence-corrected chi connectivity index (χ2v) is 11.4. The molecular formula is C32H28Cl4N4+2. The van der Waals surface area contributed by atoms with Gasteiger partial charge in [-0.3, -0.25) is 0 Å². The van der Waals surface area contributed by atoms with Gasteiger partial charge in [0.2, 0.25) is 0 Å². The molecule has 2 aromatic heterocycles. The summed E-state index contributed by atoms with van der Waals surface area (Å²) in [7, 11) is 4.00. The second-order valence-electron chi connectivity index (χ2n) is 9.65. The van der Waals surface area contributed by atoms with Gasteiger partial charge in [-0.15, -0.1) is 0 Å². The molecule has 2 heterocycles. The van der Waals surface area contributed by atoms with Crippen LogP contribution in [0.5, 0.6) is 0 Å². The topological polar surface area (TPSA) is 14.2 Å². The number of aromatic nitrogens is 2. The van der Waals surface area contributed by atoms with E-state index in [0.717, 1.165) is 35.8 Å². The lowest BCUT2D eigenvalue weighted by molar-refractivity contribution is -0.689. The fourth-order valence-corrected chi connectivity index (χ4v) is 5.60. The van der Waals surface area contributed by atoms with Crippen molar-refractivity contribution in [2.24, 2.45) is 0 Å². The van der Waals surface area contributed by atoms with Crippen LogP contribution in [0.2, 0.25) is 20.1 Å². The van der Waals surface area contributed by atoms with Gasteiger partial charge in [-0.1, -0.05) is 64.6 Å². The Morgan fingerprint density at radius 3 is 1.18 bits per heavy atom. The van der Waals surface area contributed by atoms with Gasteiger partial charge >= 0.3 is 0 Å². The highest BCUT2D eigenvalue weighted by atomic mass is 35.5. The summed E-state index contributed by atoms with van der Waals surface area (Å²) in [5.41, 5.74) is 6.45. The van der Waals surface area contributed by atoms with Crippen molar-refractivity contribution in [2.45, 2.75) is 13.1 Å². The zero-order valence-corrected chi connectivity index (χ0v) is 25.1. The molecular weight excluding hydrogens is 582 g/mol. The van der Waals surface area contributed by atoms with Gasteiger partial charge < -0.3 is 9.80 Å². The van der Waals surface area contributed by atoms with E-state index < -0.39 is 0 Å². The zero-order chi connectivity index (χ0) is 28.2. The van der Waals surface area contributed by atoms with Crippen LogP contribution >= 0.6 is 46.4 Å². The van der Waals surface area contributed by atoms with Crippen molar-refractivity contribution in [3.05, 3.63) is 141 Å². The molecule has 8 heteroatoms. The molecule has 4 nitrogen and oxygen atoms in total. The van der Waals surface area contributed by atoms with Crippen LogP contribution in [0, 0.1) is 0 Å². The van der Waals surface area contributed by atoms with E-state index in [9.17, 15) is 0 Å². The molecule has 3 aromatic carbocycles. The molecule has 0 unspecified atom stereocenters. The lowest BCUT2D eigenvalue weighted by atomic mass is 10.1. The Morgan fingerprint density at radius 2 is 0.825 bits per heavy atom.